The molecule has 0 radical (unpaired) electrons. The molecule has 0 atom stereocenters. The molecule has 0 unspecified atom stereocenters. The van der Waals surface area contributed by atoms with Crippen LogP contribution in [0, 0.1) is 17.2 Å². The Hall–Kier alpha value is -3.78. The van der Waals surface area contributed by atoms with Crippen LogP contribution in [-0.4, -0.2) is 0 Å². The van der Waals surface area contributed by atoms with Crippen LogP contribution >= 0.6 is 0 Å². The van der Waals surface area contributed by atoms with Crippen LogP contribution in [0.15, 0.2) is 118 Å². The SMILES string of the molecule is CC1=C2CCC(/C=C/C=C3\CCc4c3cc(-c3ccccc3)[o+]c4C)=C2C=C(c2ccccc2)O1.[O-][Cl+3]([O-])([O-])[O-]. The molecule has 0 saturated heterocycles. The molecule has 0 saturated carbocycles. The van der Waals surface area contributed by atoms with Crippen molar-refractivity contribution in [1.29, 1.82) is 0 Å². The maximum absolute atomic E-state index is 8.49. The molecule has 3 aromatic rings. The molecule has 204 valence electrons. The van der Waals surface area contributed by atoms with E-state index in [9.17, 15) is 0 Å². The van der Waals surface area contributed by atoms with Crippen LogP contribution in [0.3, 0.4) is 0 Å². The lowest BCUT2D eigenvalue weighted by Crippen LogP contribution is -2.68. The molecular formula is C33H29ClO6. The van der Waals surface area contributed by atoms with Crippen LogP contribution in [-0.2, 0) is 11.2 Å². The summed E-state index contributed by atoms with van der Waals surface area (Å²) >= 11 is 0. The second-order valence-electron chi connectivity index (χ2n) is 9.80. The molecule has 40 heavy (non-hydrogen) atoms. The molecule has 0 bridgehead atoms. The zero-order valence-corrected chi connectivity index (χ0v) is 23.1. The minimum atomic E-state index is -4.94. The van der Waals surface area contributed by atoms with E-state index in [1.807, 2.05) is 12.1 Å². The smallest absolute Gasteiger partial charge is 0.360 e. The molecule has 6 rings (SSSR count). The number of allylic oxidation sites excluding steroid dienone is 9. The highest BCUT2D eigenvalue weighted by Gasteiger charge is 2.28. The highest BCUT2D eigenvalue weighted by molar-refractivity contribution is 5.77. The number of fused-ring (bicyclic) bond motifs is 2. The van der Waals surface area contributed by atoms with Crippen molar-refractivity contribution < 1.29 is 38.0 Å². The van der Waals surface area contributed by atoms with Crippen molar-refractivity contribution in [2.24, 2.45) is 0 Å². The Morgan fingerprint density at radius 2 is 1.48 bits per heavy atom. The van der Waals surface area contributed by atoms with Gasteiger partial charge in [0.25, 0.3) is 0 Å². The number of halogens is 1. The Bertz CT molecular complexity index is 1550. The zero-order valence-electron chi connectivity index (χ0n) is 22.3. The minimum absolute atomic E-state index is 0.936. The van der Waals surface area contributed by atoms with Crippen LogP contribution in [0.25, 0.3) is 22.7 Å². The first-order chi connectivity index (χ1) is 19.2. The summed E-state index contributed by atoms with van der Waals surface area (Å²) in [6.45, 7) is 4.18. The van der Waals surface area contributed by atoms with Gasteiger partial charge in [-0.25, -0.2) is 23.1 Å². The first-order valence-corrected chi connectivity index (χ1v) is 14.3. The van der Waals surface area contributed by atoms with Crippen LogP contribution in [0.2, 0.25) is 0 Å². The lowest BCUT2D eigenvalue weighted by atomic mass is 10.0. The minimum Gasteiger partial charge on any atom is -0.461 e. The quantitative estimate of drug-likeness (QED) is 0.447. The Kier molecular flexibility index (Phi) is 8.17. The van der Waals surface area contributed by atoms with Gasteiger partial charge in [-0.1, -0.05) is 66.8 Å². The summed E-state index contributed by atoms with van der Waals surface area (Å²) in [6, 6.07) is 23.0. The van der Waals surface area contributed by atoms with Crippen molar-refractivity contribution in [2.75, 3.05) is 0 Å². The molecule has 0 N–H and O–H groups in total. The molecule has 0 spiro atoms. The van der Waals surface area contributed by atoms with Crippen molar-refractivity contribution in [3.8, 4) is 11.3 Å². The monoisotopic (exact) mass is 556 g/mol. The normalized spacial score (nSPS) is 17.4. The van der Waals surface area contributed by atoms with Crippen LogP contribution in [0.1, 0.15) is 48.6 Å². The van der Waals surface area contributed by atoms with E-state index in [0.29, 0.717) is 0 Å². The number of hydrogen-bond acceptors (Lipinski definition) is 5. The number of rotatable bonds is 4. The zero-order chi connectivity index (χ0) is 28.3. The summed E-state index contributed by atoms with van der Waals surface area (Å²) in [5.41, 5.74) is 10.3. The Balaban J connectivity index is 0.000000595. The van der Waals surface area contributed by atoms with E-state index in [0.717, 1.165) is 59.8 Å². The summed E-state index contributed by atoms with van der Waals surface area (Å²) in [5.74, 6) is 3.93. The second kappa shape index (κ2) is 11.8. The first-order valence-electron chi connectivity index (χ1n) is 13.1. The fourth-order valence-electron chi connectivity index (χ4n) is 5.43. The van der Waals surface area contributed by atoms with E-state index in [4.69, 9.17) is 27.8 Å². The van der Waals surface area contributed by atoms with Crippen molar-refractivity contribution in [3.63, 3.8) is 0 Å². The molecule has 2 heterocycles. The van der Waals surface area contributed by atoms with E-state index in [2.05, 4.69) is 92.7 Å². The summed E-state index contributed by atoms with van der Waals surface area (Å²) in [5, 5.41) is 0. The first kappa shape index (κ1) is 27.8. The fourth-order valence-corrected chi connectivity index (χ4v) is 5.43. The number of ether oxygens (including phenoxy) is 1. The van der Waals surface area contributed by atoms with Crippen LogP contribution < -0.4 is 18.6 Å². The fraction of sp³-hybridized carbons (Fsp3) is 0.182. The summed E-state index contributed by atoms with van der Waals surface area (Å²) in [7, 11) is -4.94. The van der Waals surface area contributed by atoms with Crippen molar-refractivity contribution in [1.82, 2.24) is 0 Å². The summed E-state index contributed by atoms with van der Waals surface area (Å²) < 4.78 is 46.3. The molecule has 1 aliphatic heterocycles. The molecule has 0 fully saturated rings. The maximum atomic E-state index is 8.49. The molecule has 2 aromatic carbocycles. The third kappa shape index (κ3) is 6.50. The van der Waals surface area contributed by atoms with E-state index in [1.165, 1.54) is 33.4 Å². The number of benzene rings is 2. The lowest BCUT2D eigenvalue weighted by molar-refractivity contribution is -2.00. The summed E-state index contributed by atoms with van der Waals surface area (Å²) in [4.78, 5) is 0. The molecule has 2 aliphatic carbocycles. The van der Waals surface area contributed by atoms with Crippen molar-refractivity contribution >= 4 is 11.3 Å². The number of hydrogen-bond donors (Lipinski definition) is 0. The van der Waals surface area contributed by atoms with E-state index in [-0.39, 0.29) is 0 Å². The van der Waals surface area contributed by atoms with Gasteiger partial charge in [0.05, 0.1) is 24.1 Å². The van der Waals surface area contributed by atoms with Gasteiger partial charge in [-0.2, -0.15) is 0 Å². The molecule has 7 heteroatoms. The van der Waals surface area contributed by atoms with Crippen molar-refractivity contribution in [2.45, 2.75) is 39.5 Å². The predicted octanol–water partition coefficient (Wildman–Crippen LogP) is 4.10. The highest BCUT2D eigenvalue weighted by Crippen LogP contribution is 2.42. The van der Waals surface area contributed by atoms with Gasteiger partial charge in [-0.3, -0.25) is 0 Å². The predicted molar refractivity (Wildman–Crippen MR) is 143 cm³/mol. The molecule has 6 nitrogen and oxygen atoms in total. The average Bonchev–Trinajstić information content (AvgIpc) is 3.54. The maximum Gasteiger partial charge on any atom is 0.360 e. The Labute approximate surface area is 235 Å². The van der Waals surface area contributed by atoms with Gasteiger partial charge in [0.1, 0.15) is 11.5 Å². The highest BCUT2D eigenvalue weighted by atomic mass is 35.7. The van der Waals surface area contributed by atoms with Gasteiger partial charge in [-0.15, -0.1) is 10.2 Å². The number of aryl methyl sites for hydroxylation is 1. The van der Waals surface area contributed by atoms with Gasteiger partial charge >= 0.3 is 11.5 Å². The Morgan fingerprint density at radius 1 is 0.825 bits per heavy atom. The van der Waals surface area contributed by atoms with Gasteiger partial charge in [0, 0.05) is 5.56 Å². The van der Waals surface area contributed by atoms with E-state index in [1.54, 1.807) is 0 Å². The molecular weight excluding hydrogens is 528 g/mol. The van der Waals surface area contributed by atoms with Gasteiger partial charge in [0.15, 0.2) is 0 Å². The standard InChI is InChI=1S/C33H29O2.ClHO4/c1-22-28-18-16-24(30(28)20-32(34-22)26-10-5-3-6-11-26)14-9-15-25-17-19-29-23(2)35-33(21-31(25)29)27-12-7-4-8-13-27;2-1(3,4)5/h3-15,20-21H,16-19H2,1-2H3;(H,2,3,4,5)/q+1;/p-1. The topological polar surface area (TPSA) is 113 Å². The molecule has 3 aliphatic rings. The largest absolute Gasteiger partial charge is 0.461 e. The molecule has 0 amide bonds. The van der Waals surface area contributed by atoms with Gasteiger partial charge in [-0.05, 0) is 78.7 Å². The lowest BCUT2D eigenvalue weighted by Gasteiger charge is -2.19. The van der Waals surface area contributed by atoms with Crippen LogP contribution in [0.4, 0.5) is 0 Å². The summed E-state index contributed by atoms with van der Waals surface area (Å²) in [6.07, 6.45) is 13.2. The Morgan fingerprint density at radius 3 is 2.15 bits per heavy atom. The third-order valence-electron chi connectivity index (χ3n) is 7.27. The van der Waals surface area contributed by atoms with Crippen molar-refractivity contribution in [3.05, 3.63) is 136 Å². The van der Waals surface area contributed by atoms with Gasteiger partial charge in [0.2, 0.25) is 0 Å². The second-order valence-corrected chi connectivity index (χ2v) is 10.6. The van der Waals surface area contributed by atoms with Crippen LogP contribution in [0.5, 0.6) is 0 Å². The average molecular weight is 557 g/mol. The third-order valence-corrected chi connectivity index (χ3v) is 7.27. The molecule has 1 aromatic heterocycles. The van der Waals surface area contributed by atoms with E-state index < -0.39 is 10.2 Å². The van der Waals surface area contributed by atoms with Gasteiger partial charge < -0.3 is 4.74 Å². The van der Waals surface area contributed by atoms with E-state index >= 15 is 0 Å².